The van der Waals surface area contributed by atoms with E-state index in [0.29, 0.717) is 24.4 Å². The average Bonchev–Trinajstić information content (AvgIpc) is 2.48. The van der Waals surface area contributed by atoms with E-state index in [1.807, 2.05) is 24.3 Å². The summed E-state index contributed by atoms with van der Waals surface area (Å²) in [4.78, 5) is 11.7. The molecule has 0 fully saturated rings. The van der Waals surface area contributed by atoms with Crippen LogP contribution < -0.4 is 11.1 Å². The second-order valence-corrected chi connectivity index (χ2v) is 5.32. The highest BCUT2D eigenvalue weighted by Gasteiger charge is 2.09. The molecule has 0 aliphatic carbocycles. The Morgan fingerprint density at radius 1 is 1.29 bits per heavy atom. The van der Waals surface area contributed by atoms with E-state index in [0.717, 1.165) is 15.7 Å². The third-order valence-electron chi connectivity index (χ3n) is 2.99. The Bertz CT molecular complexity index is 644. The number of carbonyl (C=O) groups excluding carboxylic acids is 1. The molecule has 3 N–H and O–H groups in total. The first-order valence-electron chi connectivity index (χ1n) is 6.65. The Morgan fingerprint density at radius 2 is 2.05 bits per heavy atom. The van der Waals surface area contributed by atoms with Crippen LogP contribution in [0.1, 0.15) is 22.8 Å². The Labute approximate surface area is 132 Å². The third kappa shape index (κ3) is 3.98. The van der Waals surface area contributed by atoms with Gasteiger partial charge in [-0.25, -0.2) is 4.79 Å². The minimum Gasteiger partial charge on any atom is -0.462 e. The molecule has 5 heteroatoms. The predicted molar refractivity (Wildman–Crippen MR) is 88.3 cm³/mol. The van der Waals surface area contributed by atoms with Gasteiger partial charge in [0.05, 0.1) is 23.5 Å². The quantitative estimate of drug-likeness (QED) is 0.636. The van der Waals surface area contributed by atoms with Crippen molar-refractivity contribution in [1.29, 1.82) is 0 Å². The largest absolute Gasteiger partial charge is 0.462 e. The number of rotatable bonds is 5. The topological polar surface area (TPSA) is 64.3 Å². The van der Waals surface area contributed by atoms with Gasteiger partial charge in [0, 0.05) is 11.0 Å². The van der Waals surface area contributed by atoms with E-state index in [1.54, 1.807) is 25.1 Å². The molecule has 2 aromatic rings. The summed E-state index contributed by atoms with van der Waals surface area (Å²) in [5.74, 6) is -0.346. The zero-order valence-corrected chi connectivity index (χ0v) is 13.3. The summed E-state index contributed by atoms with van der Waals surface area (Å²) in [6.07, 6.45) is 0. The Kier molecular flexibility index (Phi) is 5.22. The maximum atomic E-state index is 11.7. The van der Waals surface area contributed by atoms with Gasteiger partial charge in [0.15, 0.2) is 0 Å². The standard InChI is InChI=1S/C16H17BrN2O2/c1-2-21-16(20)11-7-8-14(18)15(9-11)19-10-12-5-3-4-6-13(12)17/h3-9,19H,2,10,18H2,1H3. The van der Waals surface area contributed by atoms with Crippen LogP contribution in [0.15, 0.2) is 46.9 Å². The molecule has 4 nitrogen and oxygen atoms in total. The highest BCUT2D eigenvalue weighted by atomic mass is 79.9. The van der Waals surface area contributed by atoms with E-state index in [1.165, 1.54) is 0 Å². The van der Waals surface area contributed by atoms with Gasteiger partial charge in [-0.05, 0) is 36.8 Å². The maximum Gasteiger partial charge on any atom is 0.338 e. The Balaban J connectivity index is 2.14. The molecule has 0 radical (unpaired) electrons. The van der Waals surface area contributed by atoms with Crippen LogP contribution in [0, 0.1) is 0 Å². The van der Waals surface area contributed by atoms with Crippen LogP contribution in [0.3, 0.4) is 0 Å². The molecule has 110 valence electrons. The second-order valence-electron chi connectivity index (χ2n) is 4.47. The molecule has 0 amide bonds. The number of ether oxygens (including phenoxy) is 1. The van der Waals surface area contributed by atoms with E-state index >= 15 is 0 Å². The molecule has 21 heavy (non-hydrogen) atoms. The highest BCUT2D eigenvalue weighted by Crippen LogP contribution is 2.23. The monoisotopic (exact) mass is 348 g/mol. The molecule has 0 aliphatic heterocycles. The normalized spacial score (nSPS) is 10.2. The fourth-order valence-electron chi connectivity index (χ4n) is 1.88. The molecular weight excluding hydrogens is 332 g/mol. The lowest BCUT2D eigenvalue weighted by Gasteiger charge is -2.12. The summed E-state index contributed by atoms with van der Waals surface area (Å²) in [6, 6.07) is 13.0. The number of anilines is 2. The number of hydrogen-bond acceptors (Lipinski definition) is 4. The molecule has 0 aromatic heterocycles. The van der Waals surface area contributed by atoms with Gasteiger partial charge < -0.3 is 15.8 Å². The molecule has 0 atom stereocenters. The van der Waals surface area contributed by atoms with Crippen LogP contribution in [0.2, 0.25) is 0 Å². The lowest BCUT2D eigenvalue weighted by atomic mass is 10.1. The van der Waals surface area contributed by atoms with Crippen molar-refractivity contribution >= 4 is 33.3 Å². The van der Waals surface area contributed by atoms with Crippen LogP contribution >= 0.6 is 15.9 Å². The summed E-state index contributed by atoms with van der Waals surface area (Å²) in [5.41, 5.74) is 8.85. The summed E-state index contributed by atoms with van der Waals surface area (Å²) < 4.78 is 6.02. The van der Waals surface area contributed by atoms with Crippen molar-refractivity contribution in [2.24, 2.45) is 0 Å². The van der Waals surface area contributed by atoms with Crippen molar-refractivity contribution in [2.75, 3.05) is 17.7 Å². The van der Waals surface area contributed by atoms with Gasteiger partial charge in [0.1, 0.15) is 0 Å². The predicted octanol–water partition coefficient (Wildman–Crippen LogP) is 3.82. The summed E-state index contributed by atoms with van der Waals surface area (Å²) >= 11 is 3.50. The van der Waals surface area contributed by atoms with Crippen molar-refractivity contribution < 1.29 is 9.53 Å². The zero-order chi connectivity index (χ0) is 15.2. The Hall–Kier alpha value is -2.01. The van der Waals surface area contributed by atoms with Crippen molar-refractivity contribution in [3.8, 4) is 0 Å². The van der Waals surface area contributed by atoms with Gasteiger partial charge in [-0.2, -0.15) is 0 Å². The van der Waals surface area contributed by atoms with Crippen LogP contribution in [0.4, 0.5) is 11.4 Å². The van der Waals surface area contributed by atoms with Crippen molar-refractivity contribution in [3.05, 3.63) is 58.1 Å². The number of nitrogens with two attached hydrogens (primary N) is 1. The third-order valence-corrected chi connectivity index (χ3v) is 3.77. The first kappa shape index (κ1) is 15.4. The molecule has 0 aliphatic rings. The van der Waals surface area contributed by atoms with Crippen LogP contribution in [-0.2, 0) is 11.3 Å². The lowest BCUT2D eigenvalue weighted by molar-refractivity contribution is 0.0526. The lowest BCUT2D eigenvalue weighted by Crippen LogP contribution is -2.08. The van der Waals surface area contributed by atoms with Gasteiger partial charge in [0.2, 0.25) is 0 Å². The minimum atomic E-state index is -0.346. The smallest absolute Gasteiger partial charge is 0.338 e. The minimum absolute atomic E-state index is 0.346. The number of nitrogen functional groups attached to an aromatic ring is 1. The zero-order valence-electron chi connectivity index (χ0n) is 11.7. The van der Waals surface area contributed by atoms with Crippen molar-refractivity contribution in [2.45, 2.75) is 13.5 Å². The summed E-state index contributed by atoms with van der Waals surface area (Å²) in [5, 5.41) is 3.24. The van der Waals surface area contributed by atoms with E-state index in [4.69, 9.17) is 10.5 Å². The molecule has 2 aromatic carbocycles. The van der Waals surface area contributed by atoms with Gasteiger partial charge >= 0.3 is 5.97 Å². The van der Waals surface area contributed by atoms with Crippen molar-refractivity contribution in [1.82, 2.24) is 0 Å². The van der Waals surface area contributed by atoms with Gasteiger partial charge in [-0.1, -0.05) is 34.1 Å². The van der Waals surface area contributed by atoms with E-state index in [9.17, 15) is 4.79 Å². The molecule has 0 bridgehead atoms. The van der Waals surface area contributed by atoms with Gasteiger partial charge in [0.25, 0.3) is 0 Å². The van der Waals surface area contributed by atoms with Gasteiger partial charge in [-0.15, -0.1) is 0 Å². The molecular formula is C16H17BrN2O2. The second kappa shape index (κ2) is 7.13. The fourth-order valence-corrected chi connectivity index (χ4v) is 2.31. The molecule has 0 saturated heterocycles. The van der Waals surface area contributed by atoms with Gasteiger partial charge in [-0.3, -0.25) is 0 Å². The number of hydrogen-bond donors (Lipinski definition) is 2. The molecule has 2 rings (SSSR count). The first-order valence-corrected chi connectivity index (χ1v) is 7.45. The number of benzene rings is 2. The number of esters is 1. The molecule has 0 heterocycles. The van der Waals surface area contributed by atoms with E-state index in [2.05, 4.69) is 21.2 Å². The van der Waals surface area contributed by atoms with Crippen LogP contribution in [-0.4, -0.2) is 12.6 Å². The fraction of sp³-hybridized carbons (Fsp3) is 0.188. The maximum absolute atomic E-state index is 11.7. The van der Waals surface area contributed by atoms with E-state index < -0.39 is 0 Å². The van der Waals surface area contributed by atoms with Crippen molar-refractivity contribution in [3.63, 3.8) is 0 Å². The Morgan fingerprint density at radius 3 is 2.76 bits per heavy atom. The number of nitrogens with one attached hydrogen (secondary N) is 1. The van der Waals surface area contributed by atoms with E-state index in [-0.39, 0.29) is 5.97 Å². The van der Waals surface area contributed by atoms with Crippen LogP contribution in [0.25, 0.3) is 0 Å². The number of carbonyl (C=O) groups is 1. The summed E-state index contributed by atoms with van der Waals surface area (Å²) in [6.45, 7) is 2.74. The SMILES string of the molecule is CCOC(=O)c1ccc(N)c(NCc2ccccc2Br)c1. The molecule has 0 saturated carbocycles. The molecule has 0 unspecified atom stereocenters. The van der Waals surface area contributed by atoms with Crippen LogP contribution in [0.5, 0.6) is 0 Å². The molecule has 0 spiro atoms. The highest BCUT2D eigenvalue weighted by molar-refractivity contribution is 9.10. The first-order chi connectivity index (χ1) is 10.1. The average molecular weight is 349 g/mol. The number of halogens is 1. The summed E-state index contributed by atoms with van der Waals surface area (Å²) in [7, 11) is 0.